The van der Waals surface area contributed by atoms with Crippen molar-refractivity contribution in [3.05, 3.63) is 35.6 Å². The Morgan fingerprint density at radius 2 is 1.76 bits per heavy atom. The number of nitrogens with zero attached hydrogens (tertiary/aromatic N) is 3. The predicted molar refractivity (Wildman–Crippen MR) is 66.0 cm³/mol. The smallest absolute Gasteiger partial charge is 0.321 e. The zero-order valence-electron chi connectivity index (χ0n) is 9.59. The summed E-state index contributed by atoms with van der Waals surface area (Å²) in [5, 5.41) is 0.134. The molecule has 1 aromatic heterocycles. The largest absolute Gasteiger partial charge is 0.461 e. The predicted octanol–water partition coefficient (Wildman–Crippen LogP) is 2.98. The van der Waals surface area contributed by atoms with E-state index in [0.717, 1.165) is 5.56 Å². The highest BCUT2D eigenvalue weighted by atomic mass is 35.5. The Kier molecular flexibility index (Phi) is 3.54. The van der Waals surface area contributed by atoms with Gasteiger partial charge in [-0.3, -0.25) is 0 Å². The number of rotatable bonds is 3. The third-order valence-electron chi connectivity index (χ3n) is 1.96. The second-order valence-electron chi connectivity index (χ2n) is 3.74. The number of halogens is 1. The molecule has 0 unspecified atom stereocenters. The number of benzene rings is 1. The molecule has 0 atom stereocenters. The summed E-state index contributed by atoms with van der Waals surface area (Å²) in [7, 11) is 0. The van der Waals surface area contributed by atoms with Crippen molar-refractivity contribution in [2.24, 2.45) is 0 Å². The first-order valence-corrected chi connectivity index (χ1v) is 5.66. The second kappa shape index (κ2) is 5.10. The molecule has 0 bridgehead atoms. The third kappa shape index (κ3) is 3.14. The van der Waals surface area contributed by atoms with Crippen molar-refractivity contribution in [1.29, 1.82) is 0 Å². The van der Waals surface area contributed by atoms with Crippen LogP contribution < -0.4 is 4.74 Å². The molecule has 88 valence electrons. The van der Waals surface area contributed by atoms with Crippen LogP contribution in [0.3, 0.4) is 0 Å². The quantitative estimate of drug-likeness (QED) is 0.839. The fourth-order valence-corrected chi connectivity index (χ4v) is 1.46. The van der Waals surface area contributed by atoms with Crippen molar-refractivity contribution >= 4 is 11.6 Å². The molecule has 0 aliphatic heterocycles. The van der Waals surface area contributed by atoms with Crippen LogP contribution in [0.15, 0.2) is 30.3 Å². The van der Waals surface area contributed by atoms with E-state index in [1.165, 1.54) is 0 Å². The fourth-order valence-electron chi connectivity index (χ4n) is 1.31. The molecule has 0 saturated carbocycles. The summed E-state index contributed by atoms with van der Waals surface area (Å²) in [5.41, 5.74) is 0.880. The second-order valence-corrected chi connectivity index (χ2v) is 4.08. The van der Waals surface area contributed by atoms with E-state index in [0.29, 0.717) is 5.82 Å². The summed E-state index contributed by atoms with van der Waals surface area (Å²) in [6, 6.07) is 9.82. The molecule has 1 heterocycles. The Bertz CT molecular complexity index is 502. The Balaban J connectivity index is 2.38. The van der Waals surface area contributed by atoms with E-state index in [9.17, 15) is 0 Å². The number of hydrogen-bond acceptors (Lipinski definition) is 4. The minimum Gasteiger partial charge on any atom is -0.461 e. The molecule has 0 aliphatic carbocycles. The number of hydrogen-bond donors (Lipinski definition) is 0. The van der Waals surface area contributed by atoms with Crippen LogP contribution in [0.2, 0.25) is 5.28 Å². The summed E-state index contributed by atoms with van der Waals surface area (Å²) in [4.78, 5) is 12.2. The first-order chi connectivity index (χ1) is 8.15. The Hall–Kier alpha value is -1.68. The molecular weight excluding hydrogens is 238 g/mol. The summed E-state index contributed by atoms with van der Waals surface area (Å²) in [6.45, 7) is 3.81. The van der Waals surface area contributed by atoms with Gasteiger partial charge in [-0.15, -0.1) is 0 Å². The lowest BCUT2D eigenvalue weighted by Gasteiger charge is -2.08. The zero-order valence-corrected chi connectivity index (χ0v) is 10.3. The third-order valence-corrected chi connectivity index (χ3v) is 2.13. The van der Waals surface area contributed by atoms with Crippen molar-refractivity contribution in [2.45, 2.75) is 20.0 Å². The van der Waals surface area contributed by atoms with Gasteiger partial charge in [0.1, 0.15) is 0 Å². The minimum atomic E-state index is -0.00269. The van der Waals surface area contributed by atoms with Crippen LogP contribution in [0.4, 0.5) is 0 Å². The zero-order chi connectivity index (χ0) is 12.3. The maximum atomic E-state index is 5.84. The van der Waals surface area contributed by atoms with Crippen LogP contribution in [0.5, 0.6) is 6.01 Å². The van der Waals surface area contributed by atoms with E-state index >= 15 is 0 Å². The van der Waals surface area contributed by atoms with Gasteiger partial charge >= 0.3 is 6.01 Å². The summed E-state index contributed by atoms with van der Waals surface area (Å²) in [6.07, 6.45) is -0.00269. The maximum absolute atomic E-state index is 5.84. The molecule has 5 heteroatoms. The average molecular weight is 250 g/mol. The topological polar surface area (TPSA) is 47.9 Å². The Morgan fingerprint density at radius 3 is 2.41 bits per heavy atom. The molecule has 0 radical (unpaired) electrons. The molecule has 4 nitrogen and oxygen atoms in total. The van der Waals surface area contributed by atoms with Gasteiger partial charge in [-0.05, 0) is 25.4 Å². The molecule has 0 aliphatic rings. The summed E-state index contributed by atoms with van der Waals surface area (Å²) < 4.78 is 5.41. The van der Waals surface area contributed by atoms with Crippen LogP contribution in [0.1, 0.15) is 13.8 Å². The molecule has 0 N–H and O–H groups in total. The van der Waals surface area contributed by atoms with Crippen LogP contribution in [0.25, 0.3) is 11.4 Å². The first kappa shape index (κ1) is 11.8. The van der Waals surface area contributed by atoms with Gasteiger partial charge < -0.3 is 4.74 Å². The van der Waals surface area contributed by atoms with Gasteiger partial charge in [0.2, 0.25) is 5.28 Å². The van der Waals surface area contributed by atoms with E-state index < -0.39 is 0 Å². The highest BCUT2D eigenvalue weighted by Crippen LogP contribution is 2.18. The van der Waals surface area contributed by atoms with E-state index in [1.54, 1.807) is 0 Å². The molecule has 2 rings (SSSR count). The van der Waals surface area contributed by atoms with Crippen molar-refractivity contribution in [2.75, 3.05) is 0 Å². The van der Waals surface area contributed by atoms with E-state index in [4.69, 9.17) is 16.3 Å². The monoisotopic (exact) mass is 249 g/mol. The van der Waals surface area contributed by atoms with Crippen molar-refractivity contribution < 1.29 is 4.74 Å². The number of aromatic nitrogens is 3. The lowest BCUT2D eigenvalue weighted by molar-refractivity contribution is 0.222. The van der Waals surface area contributed by atoms with Crippen LogP contribution in [-0.4, -0.2) is 21.1 Å². The van der Waals surface area contributed by atoms with Gasteiger partial charge in [-0.2, -0.15) is 15.0 Å². The van der Waals surface area contributed by atoms with Crippen LogP contribution in [0, 0.1) is 0 Å². The molecule has 0 fully saturated rings. The highest BCUT2D eigenvalue weighted by molar-refractivity contribution is 6.28. The molecule has 0 amide bonds. The van der Waals surface area contributed by atoms with Gasteiger partial charge in [-0.1, -0.05) is 30.3 Å². The van der Waals surface area contributed by atoms with Crippen molar-refractivity contribution in [3.8, 4) is 17.4 Å². The molecular formula is C12H12ClN3O. The Morgan fingerprint density at radius 1 is 1.06 bits per heavy atom. The minimum absolute atomic E-state index is 0.00269. The van der Waals surface area contributed by atoms with Gasteiger partial charge in [0, 0.05) is 5.56 Å². The molecule has 2 aromatic rings. The maximum Gasteiger partial charge on any atom is 0.321 e. The van der Waals surface area contributed by atoms with Gasteiger partial charge in [0.05, 0.1) is 6.10 Å². The lowest BCUT2D eigenvalue weighted by atomic mass is 10.2. The molecule has 0 saturated heterocycles. The summed E-state index contributed by atoms with van der Waals surface area (Å²) >= 11 is 5.84. The van der Waals surface area contributed by atoms with Crippen LogP contribution in [-0.2, 0) is 0 Å². The first-order valence-electron chi connectivity index (χ1n) is 5.29. The lowest BCUT2D eigenvalue weighted by Crippen LogP contribution is -2.09. The standard InChI is InChI=1S/C12H12ClN3O/c1-8(2)17-12-15-10(14-11(13)16-12)9-6-4-3-5-7-9/h3-8H,1-2H3. The fraction of sp³-hybridized carbons (Fsp3) is 0.250. The SMILES string of the molecule is CC(C)Oc1nc(Cl)nc(-c2ccccc2)n1. The van der Waals surface area contributed by atoms with E-state index in [1.807, 2.05) is 44.2 Å². The normalized spacial score (nSPS) is 10.6. The van der Waals surface area contributed by atoms with Crippen molar-refractivity contribution in [1.82, 2.24) is 15.0 Å². The highest BCUT2D eigenvalue weighted by Gasteiger charge is 2.08. The van der Waals surface area contributed by atoms with E-state index in [-0.39, 0.29) is 17.4 Å². The average Bonchev–Trinajstić information content (AvgIpc) is 2.28. The van der Waals surface area contributed by atoms with Crippen LogP contribution >= 0.6 is 11.6 Å². The molecule has 1 aromatic carbocycles. The Labute approximate surface area is 105 Å². The van der Waals surface area contributed by atoms with E-state index in [2.05, 4.69) is 15.0 Å². The van der Waals surface area contributed by atoms with Crippen molar-refractivity contribution in [3.63, 3.8) is 0 Å². The van der Waals surface area contributed by atoms with Gasteiger partial charge in [-0.25, -0.2) is 0 Å². The summed E-state index contributed by atoms with van der Waals surface area (Å²) in [5.74, 6) is 0.515. The molecule has 17 heavy (non-hydrogen) atoms. The van der Waals surface area contributed by atoms with Gasteiger partial charge in [0.15, 0.2) is 5.82 Å². The molecule has 0 spiro atoms. The number of ether oxygens (including phenoxy) is 1. The van der Waals surface area contributed by atoms with Gasteiger partial charge in [0.25, 0.3) is 0 Å².